The lowest BCUT2D eigenvalue weighted by atomic mass is 9.66. The molecule has 0 saturated heterocycles. The number of nitrogens with two attached hydrogens (primary N) is 1. The minimum absolute atomic E-state index is 0.247. The number of aromatic nitrogens is 9. The van der Waals surface area contributed by atoms with E-state index in [0.717, 1.165) is 167 Å². The minimum atomic E-state index is -0.353. The van der Waals surface area contributed by atoms with Gasteiger partial charge in [0, 0.05) is 68.6 Å². The Hall–Kier alpha value is -12.6. The van der Waals surface area contributed by atoms with Gasteiger partial charge in [0.05, 0.1) is 86.9 Å². The Morgan fingerprint density at radius 3 is 1.13 bits per heavy atom. The van der Waals surface area contributed by atoms with Crippen molar-refractivity contribution in [3.8, 4) is 108 Å². The van der Waals surface area contributed by atoms with Gasteiger partial charge in [-0.3, -0.25) is 13.7 Å². The van der Waals surface area contributed by atoms with Crippen LogP contribution in [0.25, 0.3) is 108 Å². The third-order valence-corrected chi connectivity index (χ3v) is 23.1. The number of nitrogens with one attached hydrogen (secondary N) is 3. The number of esters is 2. The second-order valence-corrected chi connectivity index (χ2v) is 30.0. The highest BCUT2D eigenvalue weighted by Crippen LogP contribution is 2.51. The molecule has 3 saturated carbocycles. The molecule has 18 heteroatoms. The summed E-state index contributed by atoms with van der Waals surface area (Å²) >= 11 is 6.75. The average Bonchev–Trinajstić information content (AvgIpc) is 1.59. The molecule has 0 atom stereocenters. The fourth-order valence-electron chi connectivity index (χ4n) is 16.3. The molecule has 0 unspecified atom stereocenters. The van der Waals surface area contributed by atoms with E-state index in [1.807, 2.05) is 129 Å². The maximum Gasteiger partial charge on any atom is 0.338 e. The predicted molar refractivity (Wildman–Crippen MR) is 436 cm³/mol. The molecule has 3 aliphatic carbocycles. The van der Waals surface area contributed by atoms with E-state index in [4.69, 9.17) is 46.7 Å². The van der Waals surface area contributed by atoms with Gasteiger partial charge in [0.25, 0.3) is 0 Å². The first-order valence-corrected chi connectivity index (χ1v) is 38.3. The lowest BCUT2D eigenvalue weighted by Gasteiger charge is -2.39. The van der Waals surface area contributed by atoms with E-state index in [2.05, 4.69) is 157 Å². The van der Waals surface area contributed by atoms with Crippen molar-refractivity contribution in [3.63, 3.8) is 0 Å². The summed E-state index contributed by atoms with van der Waals surface area (Å²) in [4.78, 5) is 54.6. The molecular formula is C92H80ClN13O4. The van der Waals surface area contributed by atoms with E-state index in [0.29, 0.717) is 34.9 Å². The summed E-state index contributed by atoms with van der Waals surface area (Å²) in [6, 6.07) is 77.8. The first kappa shape index (κ1) is 69.2. The molecule has 9 heterocycles. The normalized spacial score (nSPS) is 14.9. The fourth-order valence-corrected chi connectivity index (χ4v) is 16.6. The third-order valence-electron chi connectivity index (χ3n) is 22.8. The quantitative estimate of drug-likeness (QED) is 0.0840. The fraction of sp³-hybridized carbons (Fsp3) is 0.196. The molecule has 110 heavy (non-hydrogen) atoms. The molecule has 5 N–H and O–H groups in total. The molecule has 0 amide bonds. The summed E-state index contributed by atoms with van der Waals surface area (Å²) in [5.74, 6) is 4.03. The topological polar surface area (TPSA) is 207 Å². The van der Waals surface area contributed by atoms with Crippen molar-refractivity contribution in [3.05, 3.63) is 282 Å². The van der Waals surface area contributed by atoms with Crippen molar-refractivity contribution >= 4 is 58.1 Å². The van der Waals surface area contributed by atoms with Gasteiger partial charge in [0.15, 0.2) is 22.6 Å². The number of carbonyl (C=O) groups excluding carboxylic acids is 2. The van der Waals surface area contributed by atoms with Crippen LogP contribution in [0.2, 0.25) is 5.15 Å². The number of imidazole rings is 3. The number of anilines is 6. The first-order chi connectivity index (χ1) is 53.7. The van der Waals surface area contributed by atoms with Crippen molar-refractivity contribution < 1.29 is 19.1 Å². The summed E-state index contributed by atoms with van der Waals surface area (Å²) in [5, 5.41) is 11.0. The zero-order chi connectivity index (χ0) is 74.8. The number of para-hydroxylation sites is 3. The number of rotatable bonds is 12. The summed E-state index contributed by atoms with van der Waals surface area (Å²) in [7, 11) is 0. The van der Waals surface area contributed by atoms with Gasteiger partial charge in [0.2, 0.25) is 0 Å². The standard InChI is InChI=1S/C34H30N4O2.C33H29N5O2.C25H21ClN4/c1-3-40-33(39)24-10-6-9-23(21-24)29-30(22-14-16-25(17-15-22)34(2)18-8-19-34)38-28-13-7-20-35-31(28)36-27-12-5-4-11-26(27)32(38)37-29;1-2-40-32(39)23-9-5-8-22(20-23)28-29(21-13-15-24(16-14-21)33(34)17-7-18-33)38-27-12-6-19-35-30(27)36-26-11-4-3-10-25(26)31(38)37-28;1-25(13-5-14-25)17-11-9-16(10-12-17)21-22(26)29-24-18-6-2-3-7-19(18)28-23-20(30(21)24)8-4-15-27-23/h4-7,9-17,20-21H,3,8,18-19H2,1-2H3,(H,35,36);3-6,8-16,19-20H,2,7,17-18,34H2,1H3,(H,35,36);2-4,6-12,15H,5,13-14H2,1H3,(H,27,28). The number of benzene rings is 8. The lowest BCUT2D eigenvalue weighted by molar-refractivity contribution is 0.0517. The van der Waals surface area contributed by atoms with Gasteiger partial charge in [0.1, 0.15) is 17.5 Å². The van der Waals surface area contributed by atoms with Crippen LogP contribution in [0.5, 0.6) is 0 Å². The van der Waals surface area contributed by atoms with Gasteiger partial charge in [-0.05, 0) is 183 Å². The van der Waals surface area contributed by atoms with E-state index >= 15 is 0 Å². The Morgan fingerprint density at radius 2 is 0.764 bits per heavy atom. The third kappa shape index (κ3) is 12.3. The van der Waals surface area contributed by atoms with Crippen molar-refractivity contribution in [2.24, 2.45) is 5.73 Å². The van der Waals surface area contributed by atoms with Gasteiger partial charge < -0.3 is 31.2 Å². The van der Waals surface area contributed by atoms with Gasteiger partial charge >= 0.3 is 11.9 Å². The van der Waals surface area contributed by atoms with Crippen LogP contribution >= 0.6 is 11.6 Å². The Bertz CT molecular complexity index is 5650. The van der Waals surface area contributed by atoms with Gasteiger partial charge in [-0.25, -0.2) is 39.5 Å². The van der Waals surface area contributed by atoms with Crippen molar-refractivity contribution in [1.82, 2.24) is 43.6 Å². The predicted octanol–water partition coefficient (Wildman–Crippen LogP) is 21.5. The molecule has 0 bridgehead atoms. The van der Waals surface area contributed by atoms with Crippen LogP contribution < -0.4 is 21.7 Å². The second kappa shape index (κ2) is 28.2. The number of carbonyl (C=O) groups is 2. The summed E-state index contributed by atoms with van der Waals surface area (Å²) in [6.45, 7) is 8.97. The highest BCUT2D eigenvalue weighted by Gasteiger charge is 2.38. The molecule has 0 radical (unpaired) electrons. The first-order valence-electron chi connectivity index (χ1n) is 37.9. The Balaban J connectivity index is 0.000000117. The van der Waals surface area contributed by atoms with Gasteiger partial charge in [-0.1, -0.05) is 172 Å². The van der Waals surface area contributed by atoms with Crippen LogP contribution in [0.15, 0.2) is 249 Å². The van der Waals surface area contributed by atoms with Crippen LogP contribution in [0.4, 0.5) is 34.5 Å². The van der Waals surface area contributed by atoms with E-state index in [-0.39, 0.29) is 22.9 Å². The number of fused-ring (bicyclic) bond motifs is 15. The number of nitrogens with zero attached hydrogens (tertiary/aromatic N) is 9. The summed E-state index contributed by atoms with van der Waals surface area (Å²) < 4.78 is 17.1. The van der Waals surface area contributed by atoms with Crippen LogP contribution in [0.3, 0.4) is 0 Å². The summed E-state index contributed by atoms with van der Waals surface area (Å²) in [5.41, 5.74) is 29.5. The lowest BCUT2D eigenvalue weighted by Crippen LogP contribution is -2.43. The molecule has 14 aromatic rings. The molecule has 3 aliphatic heterocycles. The average molecular weight is 1470 g/mol. The Labute approximate surface area is 643 Å². The van der Waals surface area contributed by atoms with E-state index in [9.17, 15) is 9.59 Å². The molecule has 17 nitrogen and oxygen atoms in total. The number of hydrogen-bond donors (Lipinski definition) is 4. The van der Waals surface area contributed by atoms with Crippen molar-refractivity contribution in [2.45, 2.75) is 102 Å². The monoisotopic (exact) mass is 1470 g/mol. The molecule has 6 aliphatic rings. The smallest absolute Gasteiger partial charge is 0.338 e. The van der Waals surface area contributed by atoms with Crippen LogP contribution in [-0.4, -0.2) is 68.8 Å². The van der Waals surface area contributed by atoms with Crippen LogP contribution in [0.1, 0.15) is 123 Å². The molecule has 3 fully saturated rings. The zero-order valence-corrected chi connectivity index (χ0v) is 62.3. The Morgan fingerprint density at radius 1 is 0.409 bits per heavy atom. The van der Waals surface area contributed by atoms with Gasteiger partial charge in [-0.2, -0.15) is 0 Å². The van der Waals surface area contributed by atoms with Gasteiger partial charge in [-0.15, -0.1) is 0 Å². The highest BCUT2D eigenvalue weighted by atomic mass is 35.5. The molecule has 6 aromatic heterocycles. The van der Waals surface area contributed by atoms with Crippen molar-refractivity contribution in [2.75, 3.05) is 29.2 Å². The van der Waals surface area contributed by atoms with Crippen molar-refractivity contribution in [1.29, 1.82) is 0 Å². The van der Waals surface area contributed by atoms with E-state index < -0.39 is 0 Å². The minimum Gasteiger partial charge on any atom is -0.462 e. The highest BCUT2D eigenvalue weighted by molar-refractivity contribution is 6.32. The maximum atomic E-state index is 12.7. The largest absolute Gasteiger partial charge is 0.462 e. The Kier molecular flexibility index (Phi) is 17.7. The maximum absolute atomic E-state index is 12.7. The molecular weight excluding hydrogens is 1390 g/mol. The number of halogens is 1. The van der Waals surface area contributed by atoms with E-state index in [1.165, 1.54) is 49.7 Å². The second-order valence-electron chi connectivity index (χ2n) is 29.6. The number of pyridine rings is 3. The molecule has 8 aromatic carbocycles. The van der Waals surface area contributed by atoms with Crippen LogP contribution in [-0.2, 0) is 25.8 Å². The zero-order valence-electron chi connectivity index (χ0n) is 61.6. The number of ether oxygens (including phenoxy) is 2. The SMILES string of the molecule is CC1(c2ccc(-c3c(Cl)nc4n3-c3cccnc3Nc3ccccc3-4)cc2)CCC1.CCOC(=O)c1cccc(-c2nc3n(c2-c2ccc(C4(C)CCC4)cc2)-c2cccnc2Nc2ccccc2-3)c1.CCOC(=O)c1cccc(-c2nc3n(c2-c2ccc(C4(N)CCC4)cc2)-c2cccnc2Nc2ccccc2-3)c1. The van der Waals surface area contributed by atoms with Crippen LogP contribution in [0, 0.1) is 0 Å². The molecule has 544 valence electrons. The molecule has 0 spiro atoms. The number of hydrogen-bond acceptors (Lipinski definition) is 14. The summed E-state index contributed by atoms with van der Waals surface area (Å²) in [6.07, 6.45) is 16.1. The molecule has 20 rings (SSSR count). The van der Waals surface area contributed by atoms with E-state index in [1.54, 1.807) is 30.7 Å².